The summed E-state index contributed by atoms with van der Waals surface area (Å²) in [6.45, 7) is 10.6. The highest BCUT2D eigenvalue weighted by Gasteiger charge is 2.27. The average molecular weight is 260 g/mol. The maximum Gasteiger partial charge on any atom is 0.0449 e. The van der Waals surface area contributed by atoms with Gasteiger partial charge < -0.3 is 10.2 Å². The van der Waals surface area contributed by atoms with Crippen LogP contribution in [0, 0.1) is 12.3 Å². The van der Waals surface area contributed by atoms with Crippen molar-refractivity contribution in [1.82, 2.24) is 10.2 Å². The van der Waals surface area contributed by atoms with Gasteiger partial charge in [0, 0.05) is 19.1 Å². The quantitative estimate of drug-likeness (QED) is 0.893. The molecule has 1 fully saturated rings. The SMILES string of the molecule is CNC(CN1CCCC(C)(C)C1)c1ccccc1C. The average Bonchev–Trinajstić information content (AvgIpc) is 2.36. The molecule has 2 nitrogen and oxygen atoms in total. The van der Waals surface area contributed by atoms with E-state index in [-0.39, 0.29) is 0 Å². The molecule has 0 radical (unpaired) electrons. The first-order chi connectivity index (χ1) is 9.02. The number of rotatable bonds is 4. The van der Waals surface area contributed by atoms with E-state index in [1.54, 1.807) is 0 Å². The lowest BCUT2D eigenvalue weighted by molar-refractivity contribution is 0.108. The summed E-state index contributed by atoms with van der Waals surface area (Å²) in [5.74, 6) is 0. The van der Waals surface area contributed by atoms with Crippen molar-refractivity contribution in [3.8, 4) is 0 Å². The number of hydrogen-bond donors (Lipinski definition) is 1. The number of benzene rings is 1. The Hall–Kier alpha value is -0.860. The summed E-state index contributed by atoms with van der Waals surface area (Å²) in [5.41, 5.74) is 3.30. The number of likely N-dealkylation sites (tertiary alicyclic amines) is 1. The van der Waals surface area contributed by atoms with E-state index in [0.29, 0.717) is 11.5 Å². The summed E-state index contributed by atoms with van der Waals surface area (Å²) in [4.78, 5) is 2.62. The first-order valence-electron chi connectivity index (χ1n) is 7.47. The van der Waals surface area contributed by atoms with Gasteiger partial charge in [0.1, 0.15) is 0 Å². The smallest absolute Gasteiger partial charge is 0.0449 e. The highest BCUT2D eigenvalue weighted by Crippen LogP contribution is 2.29. The lowest BCUT2D eigenvalue weighted by atomic mass is 9.84. The third-order valence-corrected chi connectivity index (χ3v) is 4.33. The van der Waals surface area contributed by atoms with E-state index < -0.39 is 0 Å². The van der Waals surface area contributed by atoms with Crippen molar-refractivity contribution < 1.29 is 0 Å². The Labute approximate surface area is 118 Å². The fraction of sp³-hybridized carbons (Fsp3) is 0.647. The maximum absolute atomic E-state index is 3.49. The van der Waals surface area contributed by atoms with Crippen LogP contribution in [0.15, 0.2) is 24.3 Å². The van der Waals surface area contributed by atoms with Crippen molar-refractivity contribution in [3.05, 3.63) is 35.4 Å². The van der Waals surface area contributed by atoms with Crippen LogP contribution in [-0.4, -0.2) is 31.6 Å². The minimum absolute atomic E-state index is 0.440. The van der Waals surface area contributed by atoms with Gasteiger partial charge in [-0.25, -0.2) is 0 Å². The monoisotopic (exact) mass is 260 g/mol. The van der Waals surface area contributed by atoms with E-state index in [1.165, 1.54) is 37.1 Å². The van der Waals surface area contributed by atoms with Gasteiger partial charge in [-0.3, -0.25) is 0 Å². The number of nitrogens with zero attached hydrogens (tertiary/aromatic N) is 1. The highest BCUT2D eigenvalue weighted by molar-refractivity contribution is 5.29. The van der Waals surface area contributed by atoms with E-state index in [4.69, 9.17) is 0 Å². The Morgan fingerprint density at radius 2 is 2.05 bits per heavy atom. The number of aryl methyl sites for hydroxylation is 1. The van der Waals surface area contributed by atoms with E-state index in [1.807, 2.05) is 0 Å². The van der Waals surface area contributed by atoms with Crippen LogP contribution in [0.1, 0.15) is 43.9 Å². The molecule has 1 aromatic carbocycles. The Balaban J connectivity index is 2.05. The van der Waals surface area contributed by atoms with Gasteiger partial charge in [0.15, 0.2) is 0 Å². The lowest BCUT2D eigenvalue weighted by Gasteiger charge is -2.39. The summed E-state index contributed by atoms with van der Waals surface area (Å²) in [7, 11) is 2.08. The molecule has 0 saturated carbocycles. The van der Waals surface area contributed by atoms with Crippen LogP contribution in [0.3, 0.4) is 0 Å². The minimum Gasteiger partial charge on any atom is -0.312 e. The predicted molar refractivity (Wildman–Crippen MR) is 82.4 cm³/mol. The topological polar surface area (TPSA) is 15.3 Å². The van der Waals surface area contributed by atoms with Crippen LogP contribution in [0.5, 0.6) is 0 Å². The fourth-order valence-corrected chi connectivity index (χ4v) is 3.28. The number of hydrogen-bond acceptors (Lipinski definition) is 2. The van der Waals surface area contributed by atoms with E-state index >= 15 is 0 Å². The van der Waals surface area contributed by atoms with Crippen molar-refractivity contribution in [2.45, 2.75) is 39.7 Å². The predicted octanol–water partition coefficient (Wildman–Crippen LogP) is 3.38. The van der Waals surface area contributed by atoms with Crippen molar-refractivity contribution in [3.63, 3.8) is 0 Å². The zero-order valence-corrected chi connectivity index (χ0v) is 12.9. The van der Waals surface area contributed by atoms with Gasteiger partial charge >= 0.3 is 0 Å². The summed E-state index contributed by atoms with van der Waals surface area (Å²) in [6, 6.07) is 9.17. The van der Waals surface area contributed by atoms with Gasteiger partial charge in [-0.05, 0) is 49.9 Å². The number of likely N-dealkylation sites (N-methyl/N-ethyl adjacent to an activating group) is 1. The summed E-state index contributed by atoms with van der Waals surface area (Å²) >= 11 is 0. The molecule has 1 aliphatic heterocycles. The van der Waals surface area contributed by atoms with Crippen molar-refractivity contribution >= 4 is 0 Å². The first-order valence-corrected chi connectivity index (χ1v) is 7.47. The molecule has 2 rings (SSSR count). The van der Waals surface area contributed by atoms with Crippen LogP contribution < -0.4 is 5.32 Å². The van der Waals surface area contributed by atoms with E-state index in [0.717, 1.165) is 6.54 Å². The summed E-state index contributed by atoms with van der Waals surface area (Å²) in [6.07, 6.45) is 2.69. The van der Waals surface area contributed by atoms with Crippen molar-refractivity contribution in [2.24, 2.45) is 5.41 Å². The second-order valence-corrected chi connectivity index (χ2v) is 6.70. The Kier molecular flexibility index (Phi) is 4.64. The molecule has 1 aromatic rings. The molecule has 1 heterocycles. The Bertz CT molecular complexity index is 411. The molecule has 0 amide bonds. The molecule has 0 bridgehead atoms. The molecule has 1 atom stereocenters. The molecule has 0 aliphatic carbocycles. The summed E-state index contributed by atoms with van der Waals surface area (Å²) in [5, 5.41) is 3.49. The molecule has 1 saturated heterocycles. The van der Waals surface area contributed by atoms with Crippen LogP contribution in [-0.2, 0) is 0 Å². The zero-order valence-electron chi connectivity index (χ0n) is 12.9. The van der Waals surface area contributed by atoms with E-state index in [9.17, 15) is 0 Å². The first kappa shape index (κ1) is 14.5. The Morgan fingerprint density at radius 1 is 1.32 bits per heavy atom. The lowest BCUT2D eigenvalue weighted by Crippen LogP contribution is -2.43. The maximum atomic E-state index is 3.49. The molecule has 19 heavy (non-hydrogen) atoms. The fourth-order valence-electron chi connectivity index (χ4n) is 3.28. The second-order valence-electron chi connectivity index (χ2n) is 6.70. The molecule has 106 valence electrons. The highest BCUT2D eigenvalue weighted by atomic mass is 15.2. The Morgan fingerprint density at radius 3 is 2.68 bits per heavy atom. The second kappa shape index (κ2) is 6.06. The molecule has 1 N–H and O–H groups in total. The molecule has 1 unspecified atom stereocenters. The van der Waals surface area contributed by atoms with Crippen LogP contribution in [0.2, 0.25) is 0 Å². The van der Waals surface area contributed by atoms with Gasteiger partial charge in [-0.15, -0.1) is 0 Å². The molecule has 1 aliphatic rings. The minimum atomic E-state index is 0.440. The van der Waals surface area contributed by atoms with Crippen molar-refractivity contribution in [2.75, 3.05) is 26.7 Å². The van der Waals surface area contributed by atoms with Crippen LogP contribution in [0.25, 0.3) is 0 Å². The van der Waals surface area contributed by atoms with Crippen molar-refractivity contribution in [1.29, 1.82) is 0 Å². The summed E-state index contributed by atoms with van der Waals surface area (Å²) < 4.78 is 0. The molecule has 0 spiro atoms. The zero-order chi connectivity index (χ0) is 13.9. The standard InChI is InChI=1S/C17H28N2/c1-14-8-5-6-9-15(14)16(18-4)12-19-11-7-10-17(2,3)13-19/h5-6,8-9,16,18H,7,10-13H2,1-4H3. The van der Waals surface area contributed by atoms with Crippen LogP contribution >= 0.6 is 0 Å². The third kappa shape index (κ3) is 3.80. The van der Waals surface area contributed by atoms with Gasteiger partial charge in [-0.1, -0.05) is 38.1 Å². The van der Waals surface area contributed by atoms with Gasteiger partial charge in [-0.2, -0.15) is 0 Å². The normalized spacial score (nSPS) is 21.3. The molecular formula is C17H28N2. The van der Waals surface area contributed by atoms with E-state index in [2.05, 4.69) is 62.3 Å². The largest absolute Gasteiger partial charge is 0.312 e. The molecule has 0 aromatic heterocycles. The molecular weight excluding hydrogens is 232 g/mol. The molecule has 2 heteroatoms. The number of nitrogens with one attached hydrogen (secondary N) is 1. The number of piperidine rings is 1. The van der Waals surface area contributed by atoms with Crippen LogP contribution in [0.4, 0.5) is 0 Å². The van der Waals surface area contributed by atoms with Gasteiger partial charge in [0.2, 0.25) is 0 Å². The third-order valence-electron chi connectivity index (χ3n) is 4.33. The van der Waals surface area contributed by atoms with Gasteiger partial charge in [0.05, 0.1) is 0 Å². The van der Waals surface area contributed by atoms with Gasteiger partial charge in [0.25, 0.3) is 0 Å².